The van der Waals surface area contributed by atoms with E-state index in [0.29, 0.717) is 18.0 Å². The van der Waals surface area contributed by atoms with Gasteiger partial charge in [-0.15, -0.1) is 0 Å². The van der Waals surface area contributed by atoms with Crippen LogP contribution in [0.1, 0.15) is 21.7 Å². The first-order valence-electron chi connectivity index (χ1n) is 7.71. The fourth-order valence-electron chi connectivity index (χ4n) is 2.18. The third-order valence-electron chi connectivity index (χ3n) is 3.69. The highest BCUT2D eigenvalue weighted by molar-refractivity contribution is 5.94. The minimum atomic E-state index is -0.384. The van der Waals surface area contributed by atoms with Crippen LogP contribution in [0.15, 0.2) is 24.3 Å². The van der Waals surface area contributed by atoms with Gasteiger partial charge in [-0.2, -0.15) is 5.10 Å². The van der Waals surface area contributed by atoms with Crippen LogP contribution in [0.25, 0.3) is 0 Å². The zero-order chi connectivity index (χ0) is 18.4. The van der Waals surface area contributed by atoms with Crippen molar-refractivity contribution in [3.63, 3.8) is 0 Å². The summed E-state index contributed by atoms with van der Waals surface area (Å²) in [4.78, 5) is 23.8. The van der Waals surface area contributed by atoms with E-state index < -0.39 is 0 Å². The number of methoxy groups -OCH3 is 2. The minimum Gasteiger partial charge on any atom is -0.493 e. The van der Waals surface area contributed by atoms with Gasteiger partial charge in [-0.1, -0.05) is 6.07 Å². The highest BCUT2D eigenvalue weighted by Crippen LogP contribution is 2.27. The van der Waals surface area contributed by atoms with Gasteiger partial charge in [0.25, 0.3) is 5.91 Å². The molecular formula is C17H22N4O4. The van der Waals surface area contributed by atoms with Crippen molar-refractivity contribution in [3.05, 3.63) is 41.2 Å². The predicted molar refractivity (Wildman–Crippen MR) is 91.7 cm³/mol. The molecular weight excluding hydrogens is 324 g/mol. The molecule has 0 saturated carbocycles. The lowest BCUT2D eigenvalue weighted by Gasteiger charge is -2.10. The van der Waals surface area contributed by atoms with Crippen LogP contribution in [-0.4, -0.2) is 42.4 Å². The predicted octanol–water partition coefficient (Wildman–Crippen LogP) is 0.792. The Morgan fingerprint density at radius 2 is 1.84 bits per heavy atom. The number of hydrogen-bond acceptors (Lipinski definition) is 5. The second-order valence-corrected chi connectivity index (χ2v) is 5.44. The molecule has 0 unspecified atom stereocenters. The first-order chi connectivity index (χ1) is 11.9. The van der Waals surface area contributed by atoms with Crippen molar-refractivity contribution in [2.75, 3.05) is 20.8 Å². The molecule has 2 N–H and O–H groups in total. The number of nitrogens with one attached hydrogen (secondary N) is 2. The minimum absolute atomic E-state index is 0.123. The first-order valence-corrected chi connectivity index (χ1v) is 7.71. The lowest BCUT2D eigenvalue weighted by atomic mass is 10.2. The maximum absolute atomic E-state index is 11.9. The Morgan fingerprint density at radius 1 is 1.12 bits per heavy atom. The van der Waals surface area contributed by atoms with Crippen molar-refractivity contribution in [2.45, 2.75) is 13.5 Å². The first kappa shape index (κ1) is 18.3. The molecule has 2 rings (SSSR count). The molecule has 0 fully saturated rings. The van der Waals surface area contributed by atoms with Gasteiger partial charge in [0.2, 0.25) is 5.91 Å². The Morgan fingerprint density at radius 3 is 2.44 bits per heavy atom. The number of aryl methyl sites for hydroxylation is 2. The second-order valence-electron chi connectivity index (χ2n) is 5.44. The summed E-state index contributed by atoms with van der Waals surface area (Å²) in [7, 11) is 4.86. The lowest BCUT2D eigenvalue weighted by molar-refractivity contribution is -0.120. The number of carbonyl (C=O) groups excluding carboxylic acids is 2. The van der Waals surface area contributed by atoms with Crippen LogP contribution < -0.4 is 20.1 Å². The number of rotatable bonds is 7. The summed E-state index contributed by atoms with van der Waals surface area (Å²) in [6.45, 7) is 2.04. The number of ether oxygens (including phenoxy) is 2. The molecule has 0 atom stereocenters. The Balaban J connectivity index is 1.83. The molecule has 0 spiro atoms. The number of carbonyl (C=O) groups is 2. The zero-order valence-electron chi connectivity index (χ0n) is 14.8. The Bertz CT molecular complexity index is 751. The maximum atomic E-state index is 11.9. The highest BCUT2D eigenvalue weighted by atomic mass is 16.5. The maximum Gasteiger partial charge on any atom is 0.272 e. The van der Waals surface area contributed by atoms with Gasteiger partial charge in [-0.25, -0.2) is 0 Å². The molecule has 134 valence electrons. The number of benzene rings is 1. The molecule has 0 aliphatic rings. The standard InChI is InChI=1S/C17H22N4O4/c1-11-7-13(20-21(11)2)17(23)19-10-16(22)18-9-12-5-6-14(24-3)15(8-12)25-4/h5-8H,9-10H2,1-4H3,(H,18,22)(H,19,23). The largest absolute Gasteiger partial charge is 0.493 e. The van der Waals surface area contributed by atoms with Gasteiger partial charge < -0.3 is 20.1 Å². The van der Waals surface area contributed by atoms with Crippen LogP contribution in [0.3, 0.4) is 0 Å². The van der Waals surface area contributed by atoms with E-state index in [1.54, 1.807) is 44.1 Å². The summed E-state index contributed by atoms with van der Waals surface area (Å²) in [5, 5.41) is 9.34. The molecule has 0 aliphatic heterocycles. The van der Waals surface area contributed by atoms with Gasteiger partial charge in [-0.05, 0) is 30.7 Å². The highest BCUT2D eigenvalue weighted by Gasteiger charge is 2.12. The molecule has 1 heterocycles. The van der Waals surface area contributed by atoms with E-state index in [0.717, 1.165) is 11.3 Å². The Kier molecular flexibility index (Phi) is 5.99. The monoisotopic (exact) mass is 346 g/mol. The summed E-state index contributed by atoms with van der Waals surface area (Å²) in [5.41, 5.74) is 2.01. The van der Waals surface area contributed by atoms with Crippen molar-refractivity contribution in [2.24, 2.45) is 7.05 Å². The van der Waals surface area contributed by atoms with Crippen molar-refractivity contribution >= 4 is 11.8 Å². The second kappa shape index (κ2) is 8.18. The van der Waals surface area contributed by atoms with Crippen LogP contribution in [0.2, 0.25) is 0 Å². The van der Waals surface area contributed by atoms with Crippen molar-refractivity contribution in [3.8, 4) is 11.5 Å². The van der Waals surface area contributed by atoms with E-state index in [2.05, 4.69) is 15.7 Å². The van der Waals surface area contributed by atoms with E-state index in [-0.39, 0.29) is 24.1 Å². The van der Waals surface area contributed by atoms with Gasteiger partial charge >= 0.3 is 0 Å². The molecule has 8 nitrogen and oxygen atoms in total. The Hall–Kier alpha value is -3.03. The van der Waals surface area contributed by atoms with Gasteiger partial charge in [-0.3, -0.25) is 14.3 Å². The van der Waals surface area contributed by atoms with Gasteiger partial charge in [0, 0.05) is 19.3 Å². The van der Waals surface area contributed by atoms with Crippen LogP contribution >= 0.6 is 0 Å². The Labute approximate surface area is 146 Å². The summed E-state index contributed by atoms with van der Waals surface area (Å²) in [6.07, 6.45) is 0. The number of aromatic nitrogens is 2. The molecule has 0 saturated heterocycles. The molecule has 8 heteroatoms. The smallest absolute Gasteiger partial charge is 0.272 e. The van der Waals surface area contributed by atoms with E-state index >= 15 is 0 Å². The molecule has 0 aliphatic carbocycles. The molecule has 1 aromatic heterocycles. The third-order valence-corrected chi connectivity index (χ3v) is 3.69. The fourth-order valence-corrected chi connectivity index (χ4v) is 2.18. The van der Waals surface area contributed by atoms with Crippen LogP contribution in [0.4, 0.5) is 0 Å². The normalized spacial score (nSPS) is 10.2. The van der Waals surface area contributed by atoms with E-state index in [1.165, 1.54) is 0 Å². The van der Waals surface area contributed by atoms with Crippen molar-refractivity contribution in [1.29, 1.82) is 0 Å². The lowest BCUT2D eigenvalue weighted by Crippen LogP contribution is -2.36. The van der Waals surface area contributed by atoms with E-state index in [1.807, 2.05) is 13.0 Å². The van der Waals surface area contributed by atoms with Crippen molar-refractivity contribution in [1.82, 2.24) is 20.4 Å². The summed E-state index contributed by atoms with van der Waals surface area (Å²) >= 11 is 0. The topological polar surface area (TPSA) is 94.5 Å². The number of amides is 2. The molecule has 0 radical (unpaired) electrons. The molecule has 1 aromatic carbocycles. The van der Waals surface area contributed by atoms with Crippen molar-refractivity contribution < 1.29 is 19.1 Å². The molecule has 2 amide bonds. The van der Waals surface area contributed by atoms with Gasteiger partial charge in [0.05, 0.1) is 20.8 Å². The van der Waals surface area contributed by atoms with Crippen LogP contribution in [-0.2, 0) is 18.4 Å². The van der Waals surface area contributed by atoms with E-state index in [9.17, 15) is 9.59 Å². The van der Waals surface area contributed by atoms with Crippen LogP contribution in [0.5, 0.6) is 11.5 Å². The average molecular weight is 346 g/mol. The number of nitrogens with zero attached hydrogens (tertiary/aromatic N) is 2. The zero-order valence-corrected chi connectivity index (χ0v) is 14.8. The van der Waals surface area contributed by atoms with Gasteiger partial charge in [0.1, 0.15) is 5.69 Å². The third kappa shape index (κ3) is 4.72. The summed E-state index contributed by atoms with van der Waals surface area (Å²) < 4.78 is 12.0. The fraction of sp³-hybridized carbons (Fsp3) is 0.353. The summed E-state index contributed by atoms with van der Waals surface area (Å²) in [6, 6.07) is 7.05. The summed E-state index contributed by atoms with van der Waals surface area (Å²) in [5.74, 6) is 0.532. The van der Waals surface area contributed by atoms with E-state index in [4.69, 9.17) is 9.47 Å². The number of hydrogen-bond donors (Lipinski definition) is 2. The molecule has 2 aromatic rings. The van der Waals surface area contributed by atoms with Gasteiger partial charge in [0.15, 0.2) is 11.5 Å². The SMILES string of the molecule is COc1ccc(CNC(=O)CNC(=O)c2cc(C)n(C)n2)cc1OC. The average Bonchev–Trinajstić information content (AvgIpc) is 2.96. The quantitative estimate of drug-likeness (QED) is 0.773. The molecule has 0 bridgehead atoms. The molecule has 25 heavy (non-hydrogen) atoms. The van der Waals surface area contributed by atoms with Crippen LogP contribution in [0, 0.1) is 6.92 Å².